The molecule has 0 aliphatic rings. The van der Waals surface area contributed by atoms with Gasteiger partial charge in [-0.2, -0.15) is 0 Å². The van der Waals surface area contributed by atoms with E-state index in [0.29, 0.717) is 17.3 Å². The normalized spacial score (nSPS) is 11.4. The zero-order valence-corrected chi connectivity index (χ0v) is 20.9. The number of hydrogen-bond acceptors (Lipinski definition) is 6. The first-order valence-electron chi connectivity index (χ1n) is 10.8. The van der Waals surface area contributed by atoms with Crippen LogP contribution in [0, 0.1) is 13.8 Å². The van der Waals surface area contributed by atoms with Crippen LogP contribution in [0.3, 0.4) is 0 Å². The summed E-state index contributed by atoms with van der Waals surface area (Å²) in [5, 5.41) is 17.3. The van der Waals surface area contributed by atoms with E-state index in [-0.39, 0.29) is 16.6 Å². The van der Waals surface area contributed by atoms with E-state index in [4.69, 9.17) is 5.14 Å². The Kier molecular flexibility index (Phi) is 7.34. The number of primary sulfonamides is 1. The van der Waals surface area contributed by atoms with Gasteiger partial charge in [0.05, 0.1) is 16.3 Å². The van der Waals surface area contributed by atoms with Crippen LogP contribution in [-0.4, -0.2) is 34.8 Å². The summed E-state index contributed by atoms with van der Waals surface area (Å²) in [7, 11) is -3.86. The molecule has 0 fully saturated rings. The van der Waals surface area contributed by atoms with Crippen LogP contribution in [0.5, 0.6) is 0 Å². The zero-order chi connectivity index (χ0) is 25.0. The third-order valence-electron chi connectivity index (χ3n) is 5.28. The second kappa shape index (κ2) is 10.4. The largest absolute Gasteiger partial charge is 0.325 e. The predicted octanol–water partition coefficient (Wildman–Crippen LogP) is 3.85. The van der Waals surface area contributed by atoms with Crippen LogP contribution >= 0.6 is 11.8 Å². The van der Waals surface area contributed by atoms with Gasteiger partial charge >= 0.3 is 0 Å². The summed E-state index contributed by atoms with van der Waals surface area (Å²) in [6.07, 6.45) is 0.592. The van der Waals surface area contributed by atoms with Crippen molar-refractivity contribution in [3.8, 4) is 5.69 Å². The van der Waals surface area contributed by atoms with Crippen LogP contribution in [0.1, 0.15) is 22.5 Å². The van der Waals surface area contributed by atoms with Crippen molar-refractivity contribution in [3.05, 3.63) is 95.3 Å². The number of aromatic nitrogens is 3. The van der Waals surface area contributed by atoms with Crippen LogP contribution in [0.25, 0.3) is 5.69 Å². The molecular weight excluding hydrogens is 482 g/mol. The maximum absolute atomic E-state index is 12.6. The molecular formula is C25H25N5O3S2. The molecule has 1 heterocycles. The number of anilines is 1. The third-order valence-corrected chi connectivity index (χ3v) is 7.12. The predicted molar refractivity (Wildman–Crippen MR) is 137 cm³/mol. The molecule has 4 rings (SSSR count). The van der Waals surface area contributed by atoms with Crippen molar-refractivity contribution in [1.82, 2.24) is 14.8 Å². The van der Waals surface area contributed by atoms with Crippen molar-refractivity contribution >= 4 is 33.4 Å². The summed E-state index contributed by atoms with van der Waals surface area (Å²) in [6.45, 7) is 4.08. The summed E-state index contributed by atoms with van der Waals surface area (Å²) >= 11 is 1.26. The van der Waals surface area contributed by atoms with Crippen LogP contribution < -0.4 is 10.5 Å². The SMILES string of the molecule is Cc1ccc(-n2c(Cc3ccccc3)nnc2SCC(=O)Nc2cccc(S(N)(=O)=O)c2)c(C)c1. The van der Waals surface area contributed by atoms with Gasteiger partial charge in [-0.3, -0.25) is 9.36 Å². The smallest absolute Gasteiger partial charge is 0.238 e. The van der Waals surface area contributed by atoms with Gasteiger partial charge in [-0.1, -0.05) is 65.9 Å². The average Bonchev–Trinajstić information content (AvgIpc) is 3.20. The molecule has 0 saturated heterocycles. The third kappa shape index (κ3) is 6.16. The maximum Gasteiger partial charge on any atom is 0.238 e. The number of nitrogens with zero attached hydrogens (tertiary/aromatic N) is 3. The van der Waals surface area contributed by atoms with Crippen molar-refractivity contribution in [1.29, 1.82) is 0 Å². The second-order valence-corrected chi connectivity index (χ2v) is 10.6. The van der Waals surface area contributed by atoms with Gasteiger partial charge in [0, 0.05) is 12.1 Å². The van der Waals surface area contributed by atoms with E-state index < -0.39 is 10.0 Å². The molecule has 0 saturated carbocycles. The fourth-order valence-corrected chi connectivity index (χ4v) is 4.99. The first-order valence-corrected chi connectivity index (χ1v) is 13.4. The lowest BCUT2D eigenvalue weighted by atomic mass is 10.1. The molecule has 3 N–H and O–H groups in total. The number of hydrogen-bond donors (Lipinski definition) is 2. The highest BCUT2D eigenvalue weighted by Gasteiger charge is 2.18. The number of carbonyl (C=O) groups is 1. The van der Waals surface area contributed by atoms with Gasteiger partial charge in [-0.25, -0.2) is 13.6 Å². The van der Waals surface area contributed by atoms with Gasteiger partial charge in [0.25, 0.3) is 0 Å². The molecule has 8 nitrogen and oxygen atoms in total. The topological polar surface area (TPSA) is 120 Å². The average molecular weight is 508 g/mol. The molecule has 10 heteroatoms. The monoisotopic (exact) mass is 507 g/mol. The molecule has 0 atom stereocenters. The molecule has 0 aliphatic carbocycles. The zero-order valence-electron chi connectivity index (χ0n) is 19.3. The van der Waals surface area contributed by atoms with Gasteiger partial charge in [-0.05, 0) is 49.2 Å². The summed E-state index contributed by atoms with van der Waals surface area (Å²) < 4.78 is 25.1. The van der Waals surface area contributed by atoms with E-state index in [1.165, 1.54) is 30.0 Å². The highest BCUT2D eigenvalue weighted by Crippen LogP contribution is 2.26. The number of sulfonamides is 1. The number of benzene rings is 3. The lowest BCUT2D eigenvalue weighted by Gasteiger charge is -2.14. The number of carbonyl (C=O) groups excluding carboxylic acids is 1. The fourth-order valence-electron chi connectivity index (χ4n) is 3.66. The molecule has 180 valence electrons. The molecule has 1 amide bonds. The van der Waals surface area contributed by atoms with Gasteiger partial charge in [0.2, 0.25) is 15.9 Å². The van der Waals surface area contributed by atoms with E-state index in [1.54, 1.807) is 6.07 Å². The Morgan fingerprint density at radius 3 is 2.49 bits per heavy atom. The Balaban J connectivity index is 1.57. The minimum Gasteiger partial charge on any atom is -0.325 e. The Hall–Kier alpha value is -3.47. The molecule has 0 bridgehead atoms. The number of nitrogens with two attached hydrogens (primary N) is 1. The van der Waals surface area contributed by atoms with E-state index in [1.807, 2.05) is 60.9 Å². The van der Waals surface area contributed by atoms with Crippen molar-refractivity contribution in [3.63, 3.8) is 0 Å². The van der Waals surface area contributed by atoms with E-state index >= 15 is 0 Å². The molecule has 0 spiro atoms. The van der Waals surface area contributed by atoms with Crippen LogP contribution in [-0.2, 0) is 21.2 Å². The lowest BCUT2D eigenvalue weighted by molar-refractivity contribution is -0.113. The van der Waals surface area contributed by atoms with Crippen LogP contribution in [0.15, 0.2) is 82.8 Å². The highest BCUT2D eigenvalue weighted by atomic mass is 32.2. The van der Waals surface area contributed by atoms with Crippen molar-refractivity contribution in [2.45, 2.75) is 30.3 Å². The van der Waals surface area contributed by atoms with Gasteiger partial charge in [0.15, 0.2) is 5.16 Å². The van der Waals surface area contributed by atoms with E-state index in [9.17, 15) is 13.2 Å². The highest BCUT2D eigenvalue weighted by molar-refractivity contribution is 7.99. The summed E-state index contributed by atoms with van der Waals surface area (Å²) in [5.74, 6) is 0.529. The maximum atomic E-state index is 12.6. The molecule has 3 aromatic carbocycles. The molecule has 1 aromatic heterocycles. The molecule has 0 unspecified atom stereocenters. The number of thioether (sulfide) groups is 1. The Morgan fingerprint density at radius 2 is 1.77 bits per heavy atom. The van der Waals surface area contributed by atoms with Crippen LogP contribution in [0.4, 0.5) is 5.69 Å². The minimum absolute atomic E-state index is 0.0635. The molecule has 0 aliphatic heterocycles. The standard InChI is InChI=1S/C25H25N5O3S2/c1-17-11-12-22(18(2)13-17)30-23(14-19-7-4-3-5-8-19)28-29-25(30)34-16-24(31)27-20-9-6-10-21(15-20)35(26,32)33/h3-13,15H,14,16H2,1-2H3,(H,27,31)(H2,26,32,33). The number of nitrogens with one attached hydrogen (secondary N) is 1. The Labute approximate surface area is 208 Å². The quantitative estimate of drug-likeness (QED) is 0.350. The summed E-state index contributed by atoms with van der Waals surface area (Å²) in [6, 6.07) is 22.0. The second-order valence-electron chi connectivity index (χ2n) is 8.10. The summed E-state index contributed by atoms with van der Waals surface area (Å²) in [4.78, 5) is 12.6. The Morgan fingerprint density at radius 1 is 1.00 bits per heavy atom. The molecule has 35 heavy (non-hydrogen) atoms. The van der Waals surface area contributed by atoms with Crippen LogP contribution in [0.2, 0.25) is 0 Å². The molecule has 0 radical (unpaired) electrons. The van der Waals surface area contributed by atoms with Crippen molar-refractivity contribution in [2.75, 3.05) is 11.1 Å². The van der Waals surface area contributed by atoms with Crippen molar-refractivity contribution < 1.29 is 13.2 Å². The Bertz CT molecular complexity index is 1470. The van der Waals surface area contributed by atoms with Gasteiger partial charge < -0.3 is 5.32 Å². The van der Waals surface area contributed by atoms with Gasteiger partial charge in [-0.15, -0.1) is 10.2 Å². The fraction of sp³-hybridized carbons (Fsp3) is 0.160. The minimum atomic E-state index is -3.86. The number of aryl methyl sites for hydroxylation is 2. The van der Waals surface area contributed by atoms with Gasteiger partial charge in [0.1, 0.15) is 5.82 Å². The van der Waals surface area contributed by atoms with E-state index in [0.717, 1.165) is 28.2 Å². The number of rotatable bonds is 8. The lowest BCUT2D eigenvalue weighted by Crippen LogP contribution is -2.16. The van der Waals surface area contributed by atoms with Crippen molar-refractivity contribution in [2.24, 2.45) is 5.14 Å². The molecule has 4 aromatic rings. The summed E-state index contributed by atoms with van der Waals surface area (Å²) in [5.41, 5.74) is 4.64. The first-order chi connectivity index (χ1) is 16.7. The number of amides is 1. The first kappa shape index (κ1) is 24.6. The van der Waals surface area contributed by atoms with E-state index in [2.05, 4.69) is 21.6 Å².